The number of furan rings is 1. The van der Waals surface area contributed by atoms with Crippen molar-refractivity contribution in [1.29, 1.82) is 0 Å². The highest BCUT2D eigenvalue weighted by Gasteiger charge is 2.16. The molecule has 0 bridgehead atoms. The minimum atomic E-state index is -0.678. The van der Waals surface area contributed by atoms with Crippen molar-refractivity contribution in [2.45, 2.75) is 13.8 Å². The predicted octanol–water partition coefficient (Wildman–Crippen LogP) is 2.27. The summed E-state index contributed by atoms with van der Waals surface area (Å²) in [4.78, 5) is 27.6. The Labute approximate surface area is 103 Å². The Balaban J connectivity index is 2.14. The van der Waals surface area contributed by atoms with E-state index in [2.05, 4.69) is 5.16 Å². The van der Waals surface area contributed by atoms with Crippen LogP contribution in [0.15, 0.2) is 51.3 Å². The molecule has 0 fully saturated rings. The van der Waals surface area contributed by atoms with E-state index in [1.165, 1.54) is 24.5 Å². The molecule has 0 spiro atoms. The van der Waals surface area contributed by atoms with Crippen LogP contribution in [0.1, 0.15) is 24.4 Å². The lowest BCUT2D eigenvalue weighted by atomic mass is 9.97. The van der Waals surface area contributed by atoms with Gasteiger partial charge in [-0.25, -0.2) is 4.79 Å². The van der Waals surface area contributed by atoms with E-state index in [0.29, 0.717) is 16.9 Å². The molecule has 0 aliphatic heterocycles. The van der Waals surface area contributed by atoms with E-state index in [0.717, 1.165) is 0 Å². The van der Waals surface area contributed by atoms with Gasteiger partial charge in [-0.1, -0.05) is 5.16 Å². The van der Waals surface area contributed by atoms with Gasteiger partial charge >= 0.3 is 5.97 Å². The molecular formula is C13H11NO4. The van der Waals surface area contributed by atoms with E-state index < -0.39 is 5.97 Å². The van der Waals surface area contributed by atoms with Crippen LogP contribution >= 0.6 is 0 Å². The molecule has 1 aromatic rings. The Bertz CT molecular complexity index is 576. The largest absolute Gasteiger partial charge is 0.457 e. The second kappa shape index (κ2) is 4.83. The maximum Gasteiger partial charge on any atom is 0.400 e. The molecule has 0 saturated heterocycles. The number of hydrogen-bond donors (Lipinski definition) is 0. The van der Waals surface area contributed by atoms with Gasteiger partial charge in [0.05, 0.1) is 6.26 Å². The molecule has 0 atom stereocenters. The number of carbonyl (C=O) groups excluding carboxylic acids is 2. The molecule has 5 heteroatoms. The minimum absolute atomic E-state index is 0.0659. The molecule has 1 aliphatic rings. The van der Waals surface area contributed by atoms with Crippen LogP contribution in [-0.2, 0) is 9.63 Å². The summed E-state index contributed by atoms with van der Waals surface area (Å²) in [6.45, 7) is 3.45. The van der Waals surface area contributed by atoms with E-state index in [4.69, 9.17) is 9.25 Å². The molecule has 0 amide bonds. The molecule has 5 nitrogen and oxygen atoms in total. The number of ketones is 1. The van der Waals surface area contributed by atoms with Crippen LogP contribution in [0, 0.1) is 0 Å². The number of oxime groups is 1. The van der Waals surface area contributed by atoms with Crippen LogP contribution in [0.4, 0.5) is 0 Å². The van der Waals surface area contributed by atoms with Crippen LogP contribution in [0.5, 0.6) is 0 Å². The molecule has 0 saturated carbocycles. The van der Waals surface area contributed by atoms with E-state index in [1.54, 1.807) is 19.9 Å². The molecule has 0 aromatic carbocycles. The molecular weight excluding hydrogens is 234 g/mol. The Morgan fingerprint density at radius 2 is 2.06 bits per heavy atom. The average Bonchev–Trinajstić information content (AvgIpc) is 2.89. The van der Waals surface area contributed by atoms with Gasteiger partial charge in [0.25, 0.3) is 0 Å². The SMILES string of the molecule is CC1=C(C)C(=NOC(=O)c2ccco2)C=CC1=O. The summed E-state index contributed by atoms with van der Waals surface area (Å²) in [7, 11) is 0. The van der Waals surface area contributed by atoms with E-state index >= 15 is 0 Å². The van der Waals surface area contributed by atoms with E-state index in [-0.39, 0.29) is 11.5 Å². The Hall–Kier alpha value is -2.43. The quantitative estimate of drug-likeness (QED) is 0.455. The molecule has 2 rings (SSSR count). The lowest BCUT2D eigenvalue weighted by Gasteiger charge is -2.09. The summed E-state index contributed by atoms with van der Waals surface area (Å²) in [5, 5.41) is 3.72. The van der Waals surface area contributed by atoms with Gasteiger partial charge in [0, 0.05) is 5.57 Å². The number of nitrogens with zero attached hydrogens (tertiary/aromatic N) is 1. The third-order valence-electron chi connectivity index (χ3n) is 2.66. The summed E-state index contributed by atoms with van der Waals surface area (Å²) in [6.07, 6.45) is 4.28. The van der Waals surface area contributed by atoms with Gasteiger partial charge in [-0.3, -0.25) is 4.79 Å². The zero-order valence-corrected chi connectivity index (χ0v) is 9.97. The van der Waals surface area contributed by atoms with Gasteiger partial charge in [-0.05, 0) is 43.7 Å². The van der Waals surface area contributed by atoms with E-state index in [9.17, 15) is 9.59 Å². The third-order valence-corrected chi connectivity index (χ3v) is 2.66. The summed E-state index contributed by atoms with van der Waals surface area (Å²) < 4.78 is 4.87. The molecule has 0 unspecified atom stereocenters. The zero-order valence-electron chi connectivity index (χ0n) is 9.97. The van der Waals surface area contributed by atoms with Gasteiger partial charge in [-0.15, -0.1) is 0 Å². The normalized spacial score (nSPS) is 17.4. The van der Waals surface area contributed by atoms with Crippen molar-refractivity contribution in [2.75, 3.05) is 0 Å². The Kier molecular flexibility index (Phi) is 3.23. The fourth-order valence-corrected chi connectivity index (χ4v) is 1.41. The minimum Gasteiger partial charge on any atom is -0.457 e. The summed E-state index contributed by atoms with van der Waals surface area (Å²) in [5.41, 5.74) is 1.73. The Morgan fingerprint density at radius 1 is 1.28 bits per heavy atom. The molecule has 18 heavy (non-hydrogen) atoms. The van der Waals surface area contributed by atoms with Crippen LogP contribution < -0.4 is 0 Å². The van der Waals surface area contributed by atoms with E-state index in [1.807, 2.05) is 0 Å². The number of carbonyl (C=O) groups is 2. The van der Waals surface area contributed by atoms with Crippen LogP contribution in [0.2, 0.25) is 0 Å². The third kappa shape index (κ3) is 2.29. The highest BCUT2D eigenvalue weighted by atomic mass is 16.7. The van der Waals surface area contributed by atoms with Crippen LogP contribution in [0.3, 0.4) is 0 Å². The maximum atomic E-state index is 11.5. The first-order valence-electron chi connectivity index (χ1n) is 5.32. The molecule has 0 N–H and O–H groups in total. The molecule has 0 radical (unpaired) electrons. The molecule has 1 aliphatic carbocycles. The smallest absolute Gasteiger partial charge is 0.400 e. The van der Waals surface area contributed by atoms with Gasteiger partial charge in [0.15, 0.2) is 5.78 Å². The first-order valence-corrected chi connectivity index (χ1v) is 5.32. The standard InChI is InChI=1S/C13H11NO4/c1-8-9(2)11(15)6-5-10(8)14-18-13(16)12-4-3-7-17-12/h3-7H,1-2H3. The molecule has 1 aromatic heterocycles. The fourth-order valence-electron chi connectivity index (χ4n) is 1.41. The van der Waals surface area contributed by atoms with Crippen LogP contribution in [-0.4, -0.2) is 17.5 Å². The maximum absolute atomic E-state index is 11.5. The summed E-state index contributed by atoms with van der Waals surface area (Å²) in [6, 6.07) is 3.06. The van der Waals surface area contributed by atoms with Crippen molar-refractivity contribution in [2.24, 2.45) is 5.16 Å². The first kappa shape index (κ1) is 12.0. The second-order valence-corrected chi connectivity index (χ2v) is 3.78. The van der Waals surface area contributed by atoms with Gasteiger partial charge in [0.2, 0.25) is 5.76 Å². The Morgan fingerprint density at radius 3 is 2.72 bits per heavy atom. The summed E-state index contributed by atoms with van der Waals surface area (Å²) in [5.74, 6) is -0.666. The summed E-state index contributed by atoms with van der Waals surface area (Å²) >= 11 is 0. The first-order chi connectivity index (χ1) is 8.59. The topological polar surface area (TPSA) is 68.9 Å². The molecule has 92 valence electrons. The lowest BCUT2D eigenvalue weighted by molar-refractivity contribution is -0.111. The number of allylic oxidation sites excluding steroid dienone is 4. The van der Waals surface area contributed by atoms with Gasteiger partial charge in [0.1, 0.15) is 5.71 Å². The highest BCUT2D eigenvalue weighted by Crippen LogP contribution is 2.14. The number of hydrogen-bond acceptors (Lipinski definition) is 5. The van der Waals surface area contributed by atoms with Crippen molar-refractivity contribution in [3.63, 3.8) is 0 Å². The van der Waals surface area contributed by atoms with Gasteiger partial charge < -0.3 is 9.25 Å². The van der Waals surface area contributed by atoms with Crippen molar-refractivity contribution >= 4 is 17.5 Å². The lowest BCUT2D eigenvalue weighted by Crippen LogP contribution is -2.12. The van der Waals surface area contributed by atoms with Crippen molar-refractivity contribution in [3.8, 4) is 0 Å². The second-order valence-electron chi connectivity index (χ2n) is 3.78. The highest BCUT2D eigenvalue weighted by molar-refractivity contribution is 6.21. The van der Waals surface area contributed by atoms with Crippen molar-refractivity contribution in [1.82, 2.24) is 0 Å². The van der Waals surface area contributed by atoms with Crippen LogP contribution in [0.25, 0.3) is 0 Å². The number of rotatable bonds is 2. The monoisotopic (exact) mass is 245 g/mol. The van der Waals surface area contributed by atoms with Crippen molar-refractivity contribution < 1.29 is 18.8 Å². The fraction of sp³-hybridized carbons (Fsp3) is 0.154. The zero-order chi connectivity index (χ0) is 13.1. The van der Waals surface area contributed by atoms with Crippen molar-refractivity contribution in [3.05, 3.63) is 47.5 Å². The van der Waals surface area contributed by atoms with Gasteiger partial charge in [-0.2, -0.15) is 0 Å². The molecule has 1 heterocycles. The average molecular weight is 245 g/mol. The predicted molar refractivity (Wildman–Crippen MR) is 64.1 cm³/mol.